The first-order valence-electron chi connectivity index (χ1n) is 17.5. The monoisotopic (exact) mass is 702 g/mol. The van der Waals surface area contributed by atoms with E-state index in [0.717, 1.165) is 66.6 Å². The maximum atomic E-state index is 6.64. The van der Waals surface area contributed by atoms with Crippen molar-refractivity contribution >= 4 is 43.6 Å². The number of hydrogen-bond donors (Lipinski definition) is 0. The number of para-hydroxylation sites is 2. The van der Waals surface area contributed by atoms with Gasteiger partial charge >= 0.3 is 0 Å². The van der Waals surface area contributed by atoms with E-state index in [1.165, 1.54) is 0 Å². The van der Waals surface area contributed by atoms with Gasteiger partial charge in [-0.2, -0.15) is 0 Å². The highest BCUT2D eigenvalue weighted by Crippen LogP contribution is 2.39. The standard InChI is InChI=1S/C45H30N6O3/c1-52-30-18-22-47-44(28-30)51-40-12-5-3-10-36(40)38-17-15-32(27-42(38)51)54-34-24-29(45-48-20-8-21-49-45)23-33(25-34)53-31-14-16-37-35-9-2-4-11-39(35)50(41(37)26-31)43-13-6-7-19-46-43/h2-28H,1H3. The van der Waals surface area contributed by atoms with Gasteiger partial charge in [-0.3, -0.25) is 9.13 Å². The number of nitrogens with zero attached hydrogens (tertiary/aromatic N) is 6. The number of pyridine rings is 2. The van der Waals surface area contributed by atoms with Gasteiger partial charge in [0.1, 0.15) is 40.4 Å². The van der Waals surface area contributed by atoms with Crippen LogP contribution in [0.2, 0.25) is 0 Å². The molecule has 5 aromatic heterocycles. The molecule has 0 aliphatic carbocycles. The van der Waals surface area contributed by atoms with Crippen LogP contribution in [0.1, 0.15) is 0 Å². The van der Waals surface area contributed by atoms with Crippen molar-refractivity contribution in [3.8, 4) is 51.8 Å². The van der Waals surface area contributed by atoms with Crippen LogP contribution in [0.3, 0.4) is 0 Å². The molecular weight excluding hydrogens is 673 g/mol. The Morgan fingerprint density at radius 3 is 1.56 bits per heavy atom. The molecule has 54 heavy (non-hydrogen) atoms. The minimum absolute atomic E-state index is 0.554. The molecule has 258 valence electrons. The molecule has 9 nitrogen and oxygen atoms in total. The molecule has 0 N–H and O–H groups in total. The normalized spacial score (nSPS) is 11.4. The number of aromatic nitrogens is 6. The fourth-order valence-electron chi connectivity index (χ4n) is 7.20. The van der Waals surface area contributed by atoms with E-state index in [0.29, 0.717) is 28.8 Å². The molecule has 0 radical (unpaired) electrons. The molecule has 5 aromatic carbocycles. The predicted octanol–water partition coefficient (Wildman–Crippen LogP) is 10.7. The number of benzene rings is 5. The lowest BCUT2D eigenvalue weighted by Crippen LogP contribution is -1.98. The van der Waals surface area contributed by atoms with Gasteiger partial charge in [-0.05, 0) is 72.8 Å². The van der Waals surface area contributed by atoms with Crippen molar-refractivity contribution in [1.82, 2.24) is 29.1 Å². The van der Waals surface area contributed by atoms with Crippen LogP contribution in [-0.4, -0.2) is 36.2 Å². The highest BCUT2D eigenvalue weighted by molar-refractivity contribution is 6.10. The predicted molar refractivity (Wildman–Crippen MR) is 211 cm³/mol. The molecule has 0 aliphatic heterocycles. The molecular formula is C45H30N6O3. The average Bonchev–Trinajstić information content (AvgIpc) is 3.73. The largest absolute Gasteiger partial charge is 0.497 e. The van der Waals surface area contributed by atoms with Gasteiger partial charge < -0.3 is 14.2 Å². The zero-order valence-electron chi connectivity index (χ0n) is 29.0. The zero-order chi connectivity index (χ0) is 36.0. The molecule has 0 saturated heterocycles. The summed E-state index contributed by atoms with van der Waals surface area (Å²) in [5.41, 5.74) is 4.79. The van der Waals surface area contributed by atoms with Gasteiger partial charge in [-0.1, -0.05) is 42.5 Å². The lowest BCUT2D eigenvalue weighted by molar-refractivity contribution is 0.414. The summed E-state index contributed by atoms with van der Waals surface area (Å²) in [5.74, 6) is 5.31. The second-order valence-electron chi connectivity index (χ2n) is 12.8. The van der Waals surface area contributed by atoms with Crippen LogP contribution in [0, 0.1) is 0 Å². The quantitative estimate of drug-likeness (QED) is 0.156. The third-order valence-corrected chi connectivity index (χ3v) is 9.53. The van der Waals surface area contributed by atoms with Crippen LogP contribution >= 0.6 is 0 Å². The average molecular weight is 703 g/mol. The molecule has 9 heteroatoms. The van der Waals surface area contributed by atoms with E-state index in [-0.39, 0.29) is 0 Å². The summed E-state index contributed by atoms with van der Waals surface area (Å²) in [5, 5.41) is 4.44. The van der Waals surface area contributed by atoms with Gasteiger partial charge in [0.15, 0.2) is 5.82 Å². The van der Waals surface area contributed by atoms with E-state index >= 15 is 0 Å². The number of methoxy groups -OCH3 is 1. The Morgan fingerprint density at radius 1 is 0.389 bits per heavy atom. The van der Waals surface area contributed by atoms with Crippen LogP contribution in [0.25, 0.3) is 66.6 Å². The highest BCUT2D eigenvalue weighted by Gasteiger charge is 2.17. The van der Waals surface area contributed by atoms with Gasteiger partial charge in [0, 0.05) is 76.2 Å². The highest BCUT2D eigenvalue weighted by atomic mass is 16.5. The van der Waals surface area contributed by atoms with Crippen molar-refractivity contribution in [2.75, 3.05) is 7.11 Å². The Hall–Kier alpha value is -7.52. The third kappa shape index (κ3) is 5.43. The SMILES string of the molecule is COc1ccnc(-n2c3ccccc3c3ccc(Oc4cc(Oc5ccc6c7ccccc7n(-c7ccccn7)c6c5)cc(-c5ncccn5)c4)cc32)c1. The summed E-state index contributed by atoms with van der Waals surface area (Å²) in [7, 11) is 1.66. The van der Waals surface area contributed by atoms with Gasteiger partial charge in [0.2, 0.25) is 0 Å². The molecule has 10 rings (SSSR count). The lowest BCUT2D eigenvalue weighted by Gasteiger charge is -2.13. The molecule has 0 fully saturated rings. The lowest BCUT2D eigenvalue weighted by atomic mass is 10.1. The van der Waals surface area contributed by atoms with Crippen LogP contribution < -0.4 is 14.2 Å². The van der Waals surface area contributed by atoms with Gasteiger partial charge in [0.25, 0.3) is 0 Å². The summed E-state index contributed by atoms with van der Waals surface area (Å²) in [6, 6.07) is 46.1. The maximum absolute atomic E-state index is 6.64. The summed E-state index contributed by atoms with van der Waals surface area (Å²) >= 11 is 0. The van der Waals surface area contributed by atoms with Gasteiger partial charge in [-0.15, -0.1) is 0 Å². The molecule has 0 amide bonds. The molecule has 0 bridgehead atoms. The van der Waals surface area contributed by atoms with Crippen LogP contribution in [0.5, 0.6) is 28.7 Å². The van der Waals surface area contributed by atoms with E-state index in [1.807, 2.05) is 91.1 Å². The molecule has 0 aliphatic rings. The fourth-order valence-corrected chi connectivity index (χ4v) is 7.20. The number of ether oxygens (including phenoxy) is 3. The number of fused-ring (bicyclic) bond motifs is 6. The fraction of sp³-hybridized carbons (Fsp3) is 0.0222. The van der Waals surface area contributed by atoms with Gasteiger partial charge in [-0.25, -0.2) is 19.9 Å². The van der Waals surface area contributed by atoms with Crippen molar-refractivity contribution in [3.05, 3.63) is 164 Å². The first kappa shape index (κ1) is 31.2. The second kappa shape index (κ2) is 12.9. The van der Waals surface area contributed by atoms with Crippen molar-refractivity contribution in [3.63, 3.8) is 0 Å². The van der Waals surface area contributed by atoms with Crippen molar-refractivity contribution < 1.29 is 14.2 Å². The third-order valence-electron chi connectivity index (χ3n) is 9.53. The van der Waals surface area contributed by atoms with Crippen molar-refractivity contribution in [2.45, 2.75) is 0 Å². The van der Waals surface area contributed by atoms with Crippen LogP contribution in [0.4, 0.5) is 0 Å². The number of hydrogen-bond acceptors (Lipinski definition) is 7. The van der Waals surface area contributed by atoms with Crippen molar-refractivity contribution in [1.29, 1.82) is 0 Å². The molecule has 10 aromatic rings. The van der Waals surface area contributed by atoms with E-state index in [1.54, 1.807) is 31.8 Å². The summed E-state index contributed by atoms with van der Waals surface area (Å²) in [6.07, 6.45) is 7.01. The van der Waals surface area contributed by atoms with E-state index in [2.05, 4.69) is 72.6 Å². The smallest absolute Gasteiger partial charge is 0.159 e. The second-order valence-corrected chi connectivity index (χ2v) is 12.8. The summed E-state index contributed by atoms with van der Waals surface area (Å²) in [4.78, 5) is 18.4. The topological polar surface area (TPSA) is 89.1 Å². The van der Waals surface area contributed by atoms with E-state index < -0.39 is 0 Å². The molecule has 5 heterocycles. The minimum Gasteiger partial charge on any atom is -0.497 e. The minimum atomic E-state index is 0.554. The Bertz CT molecular complexity index is 2990. The Labute approximate surface area is 309 Å². The van der Waals surface area contributed by atoms with Crippen LogP contribution in [0.15, 0.2) is 164 Å². The molecule has 0 saturated carbocycles. The van der Waals surface area contributed by atoms with Gasteiger partial charge in [0.05, 0.1) is 29.2 Å². The summed E-state index contributed by atoms with van der Waals surface area (Å²) < 4.78 is 23.1. The van der Waals surface area contributed by atoms with E-state index in [4.69, 9.17) is 19.2 Å². The molecule has 0 unspecified atom stereocenters. The van der Waals surface area contributed by atoms with Crippen molar-refractivity contribution in [2.24, 2.45) is 0 Å². The Morgan fingerprint density at radius 2 is 0.944 bits per heavy atom. The Balaban J connectivity index is 1.07. The molecule has 0 spiro atoms. The maximum Gasteiger partial charge on any atom is 0.159 e. The first-order valence-corrected chi connectivity index (χ1v) is 17.5. The van der Waals surface area contributed by atoms with E-state index in [9.17, 15) is 0 Å². The number of rotatable bonds is 8. The molecule has 0 atom stereocenters. The zero-order valence-corrected chi connectivity index (χ0v) is 29.0. The summed E-state index contributed by atoms with van der Waals surface area (Å²) in [6.45, 7) is 0. The first-order chi connectivity index (χ1) is 26.7. The Kier molecular flexibility index (Phi) is 7.47. The van der Waals surface area contributed by atoms with Crippen LogP contribution in [-0.2, 0) is 0 Å².